The molecule has 3 nitrogen and oxygen atoms in total. The maximum absolute atomic E-state index is 4.35. The summed E-state index contributed by atoms with van der Waals surface area (Å²) in [5, 5.41) is 7.66. The lowest BCUT2D eigenvalue weighted by atomic mass is 9.89. The molecule has 23 heavy (non-hydrogen) atoms. The minimum absolute atomic E-state index is 0.654. The highest BCUT2D eigenvalue weighted by Gasteiger charge is 2.29. The third-order valence-electron chi connectivity index (χ3n) is 5.35. The van der Waals surface area contributed by atoms with Crippen LogP contribution in [0.4, 0.5) is 0 Å². The van der Waals surface area contributed by atoms with Gasteiger partial charge in [0.15, 0.2) is 0 Å². The van der Waals surface area contributed by atoms with Crippen molar-refractivity contribution in [1.82, 2.24) is 15.1 Å². The summed E-state index contributed by atoms with van der Waals surface area (Å²) in [5.41, 5.74) is 4.14. The van der Waals surface area contributed by atoms with Crippen LogP contribution >= 0.6 is 11.8 Å². The van der Waals surface area contributed by atoms with Crippen molar-refractivity contribution in [2.75, 3.05) is 24.6 Å². The second-order valence-electron chi connectivity index (χ2n) is 6.80. The van der Waals surface area contributed by atoms with Crippen molar-refractivity contribution in [3.8, 4) is 0 Å². The minimum atomic E-state index is 0.654. The molecule has 1 aromatic carbocycles. The van der Waals surface area contributed by atoms with E-state index in [-0.39, 0.29) is 0 Å². The summed E-state index contributed by atoms with van der Waals surface area (Å²) in [4.78, 5) is 2.73. The molecule has 0 bridgehead atoms. The molecule has 0 radical (unpaired) electrons. The van der Waals surface area contributed by atoms with Gasteiger partial charge in [0.05, 0.1) is 6.20 Å². The lowest BCUT2D eigenvalue weighted by Gasteiger charge is -2.35. The van der Waals surface area contributed by atoms with Crippen molar-refractivity contribution < 1.29 is 0 Å². The molecule has 1 unspecified atom stereocenters. The lowest BCUT2D eigenvalue weighted by Crippen LogP contribution is -2.41. The van der Waals surface area contributed by atoms with Crippen LogP contribution in [0.5, 0.6) is 0 Å². The first-order valence-corrected chi connectivity index (χ1v) is 9.93. The maximum Gasteiger partial charge on any atom is 0.0525 e. The van der Waals surface area contributed by atoms with Crippen LogP contribution in [-0.2, 0) is 6.42 Å². The van der Waals surface area contributed by atoms with Crippen LogP contribution in [0, 0.1) is 0 Å². The summed E-state index contributed by atoms with van der Waals surface area (Å²) in [6, 6.07) is 11.6. The summed E-state index contributed by atoms with van der Waals surface area (Å²) in [6.07, 6.45) is 6.95. The van der Waals surface area contributed by atoms with Crippen molar-refractivity contribution in [2.45, 2.75) is 37.6 Å². The fourth-order valence-corrected chi connectivity index (χ4v) is 5.25. The van der Waals surface area contributed by atoms with Crippen LogP contribution in [0.1, 0.15) is 42.0 Å². The number of H-pyrrole nitrogens is 1. The average Bonchev–Trinajstić information content (AvgIpc) is 3.28. The summed E-state index contributed by atoms with van der Waals surface area (Å²) >= 11 is 2.12. The number of nitrogens with one attached hydrogen (secondary N) is 1. The Labute approximate surface area is 142 Å². The molecule has 0 amide bonds. The van der Waals surface area contributed by atoms with Gasteiger partial charge in [0.1, 0.15) is 0 Å². The van der Waals surface area contributed by atoms with Crippen LogP contribution in [0.2, 0.25) is 0 Å². The van der Waals surface area contributed by atoms with Gasteiger partial charge < -0.3 is 0 Å². The largest absolute Gasteiger partial charge is 0.299 e. The fraction of sp³-hybridized carbons (Fsp3) is 0.526. The number of hydrogen-bond donors (Lipinski definition) is 1. The Bertz CT molecular complexity index is 611. The summed E-state index contributed by atoms with van der Waals surface area (Å²) in [7, 11) is 0. The predicted octanol–water partition coefficient (Wildman–Crippen LogP) is 3.69. The monoisotopic (exact) mass is 327 g/mol. The molecule has 2 aliphatic rings. The van der Waals surface area contributed by atoms with Crippen molar-refractivity contribution in [3.05, 3.63) is 53.3 Å². The SMILES string of the molecule is c1ccc(Cc2cn[nH]c2C2CCN(C3CCSC3)CC2)cc1. The molecule has 2 fully saturated rings. The third-order valence-corrected chi connectivity index (χ3v) is 6.49. The Kier molecular flexibility index (Phi) is 4.72. The van der Waals surface area contributed by atoms with E-state index in [4.69, 9.17) is 0 Å². The molecule has 122 valence electrons. The molecule has 4 rings (SSSR count). The van der Waals surface area contributed by atoms with Crippen LogP contribution < -0.4 is 0 Å². The van der Waals surface area contributed by atoms with Gasteiger partial charge >= 0.3 is 0 Å². The van der Waals surface area contributed by atoms with Crippen molar-refractivity contribution >= 4 is 11.8 Å². The standard InChI is InChI=1S/C19H25N3S/c1-2-4-15(5-3-1)12-17-13-20-21-19(17)16-6-9-22(10-7-16)18-8-11-23-14-18/h1-5,13,16,18H,6-12,14H2,(H,20,21). The number of thioether (sulfide) groups is 1. The number of nitrogens with zero attached hydrogens (tertiary/aromatic N) is 2. The van der Waals surface area contributed by atoms with E-state index in [0.717, 1.165) is 12.5 Å². The Hall–Kier alpha value is -1.26. The highest BCUT2D eigenvalue weighted by molar-refractivity contribution is 7.99. The number of benzene rings is 1. The molecule has 1 N–H and O–H groups in total. The highest BCUT2D eigenvalue weighted by atomic mass is 32.2. The number of rotatable bonds is 4. The van der Waals surface area contributed by atoms with Crippen molar-refractivity contribution in [1.29, 1.82) is 0 Å². The zero-order valence-corrected chi connectivity index (χ0v) is 14.4. The van der Waals surface area contributed by atoms with E-state index < -0.39 is 0 Å². The molecule has 2 aromatic rings. The van der Waals surface area contributed by atoms with Crippen molar-refractivity contribution in [3.63, 3.8) is 0 Å². The first-order chi connectivity index (χ1) is 11.4. The third kappa shape index (κ3) is 3.48. The second kappa shape index (κ2) is 7.10. The molecule has 0 spiro atoms. The topological polar surface area (TPSA) is 31.9 Å². The van der Waals surface area contributed by atoms with E-state index in [9.17, 15) is 0 Å². The fourth-order valence-electron chi connectivity index (χ4n) is 3.99. The zero-order valence-electron chi connectivity index (χ0n) is 13.6. The number of aromatic amines is 1. The normalized spacial score (nSPS) is 23.4. The summed E-state index contributed by atoms with van der Waals surface area (Å²) in [6.45, 7) is 2.50. The van der Waals surface area contributed by atoms with Crippen molar-refractivity contribution in [2.24, 2.45) is 0 Å². The van der Waals surface area contributed by atoms with Gasteiger partial charge in [0.25, 0.3) is 0 Å². The van der Waals surface area contributed by atoms with E-state index in [1.807, 2.05) is 6.20 Å². The molecule has 1 atom stereocenters. The van der Waals surface area contributed by atoms with E-state index >= 15 is 0 Å². The van der Waals surface area contributed by atoms with E-state index in [2.05, 4.69) is 57.2 Å². The van der Waals surface area contributed by atoms with Crippen LogP contribution in [0.15, 0.2) is 36.5 Å². The minimum Gasteiger partial charge on any atom is -0.299 e. The Morgan fingerprint density at radius 2 is 1.96 bits per heavy atom. The first kappa shape index (κ1) is 15.3. The summed E-state index contributed by atoms with van der Waals surface area (Å²) < 4.78 is 0. The Morgan fingerprint density at radius 3 is 2.70 bits per heavy atom. The van der Waals surface area contributed by atoms with Crippen LogP contribution in [0.25, 0.3) is 0 Å². The zero-order chi connectivity index (χ0) is 15.5. The van der Waals surface area contributed by atoms with Gasteiger partial charge in [-0.3, -0.25) is 10.00 Å². The van der Waals surface area contributed by atoms with E-state index in [0.29, 0.717) is 5.92 Å². The van der Waals surface area contributed by atoms with Gasteiger partial charge in [-0.15, -0.1) is 0 Å². The van der Waals surface area contributed by atoms with Gasteiger partial charge in [-0.05, 0) is 49.2 Å². The molecule has 0 aliphatic carbocycles. The molecule has 4 heteroatoms. The van der Waals surface area contributed by atoms with E-state index in [1.165, 1.54) is 60.7 Å². The average molecular weight is 327 g/mol. The van der Waals surface area contributed by atoms with E-state index in [1.54, 1.807) is 0 Å². The molecule has 2 saturated heterocycles. The Balaban J connectivity index is 1.40. The smallest absolute Gasteiger partial charge is 0.0525 e. The number of piperidine rings is 1. The first-order valence-electron chi connectivity index (χ1n) is 8.78. The van der Waals surface area contributed by atoms with Crippen LogP contribution in [-0.4, -0.2) is 45.7 Å². The molecular weight excluding hydrogens is 302 g/mol. The number of aromatic nitrogens is 2. The summed E-state index contributed by atoms with van der Waals surface area (Å²) in [5.74, 6) is 3.35. The molecular formula is C19H25N3S. The predicted molar refractivity (Wildman–Crippen MR) is 97.1 cm³/mol. The molecule has 2 aliphatic heterocycles. The van der Waals surface area contributed by atoms with Gasteiger partial charge in [0.2, 0.25) is 0 Å². The quantitative estimate of drug-likeness (QED) is 0.929. The molecule has 0 saturated carbocycles. The molecule has 1 aromatic heterocycles. The van der Waals surface area contributed by atoms with Gasteiger partial charge in [-0.25, -0.2) is 0 Å². The second-order valence-corrected chi connectivity index (χ2v) is 7.95. The van der Waals surface area contributed by atoms with Gasteiger partial charge in [0, 0.05) is 29.8 Å². The number of hydrogen-bond acceptors (Lipinski definition) is 3. The Morgan fingerprint density at radius 1 is 1.13 bits per heavy atom. The van der Waals surface area contributed by atoms with Gasteiger partial charge in [-0.2, -0.15) is 16.9 Å². The van der Waals surface area contributed by atoms with Gasteiger partial charge in [-0.1, -0.05) is 30.3 Å². The maximum atomic E-state index is 4.35. The lowest BCUT2D eigenvalue weighted by molar-refractivity contribution is 0.164. The van der Waals surface area contributed by atoms with Crippen LogP contribution in [0.3, 0.4) is 0 Å². The highest BCUT2D eigenvalue weighted by Crippen LogP contribution is 2.32. The number of likely N-dealkylation sites (tertiary alicyclic amines) is 1. The molecule has 3 heterocycles.